The minimum atomic E-state index is -1.04. The molecule has 0 spiro atoms. The van der Waals surface area contributed by atoms with Gasteiger partial charge in [0.25, 0.3) is 5.91 Å². The number of nitriles is 1. The highest BCUT2D eigenvalue weighted by Gasteiger charge is 2.19. The molecule has 2 amide bonds. The summed E-state index contributed by atoms with van der Waals surface area (Å²) >= 11 is 0. The maximum absolute atomic E-state index is 12.2. The van der Waals surface area contributed by atoms with Crippen molar-refractivity contribution in [2.45, 2.75) is 20.0 Å². The summed E-state index contributed by atoms with van der Waals surface area (Å²) in [6, 6.07) is 14.6. The van der Waals surface area contributed by atoms with E-state index >= 15 is 0 Å². The van der Waals surface area contributed by atoms with Crippen molar-refractivity contribution in [2.24, 2.45) is 0 Å². The van der Waals surface area contributed by atoms with Gasteiger partial charge in [0, 0.05) is 18.3 Å². The summed E-state index contributed by atoms with van der Waals surface area (Å²) in [6.45, 7) is 2.80. The lowest BCUT2D eigenvalue weighted by molar-refractivity contribution is -0.123. The molecular weight excluding hydrogens is 334 g/mol. The lowest BCUT2D eigenvalue weighted by Crippen LogP contribution is -2.30. The first-order valence-corrected chi connectivity index (χ1v) is 7.78. The Kier molecular flexibility index (Phi) is 6.06. The number of nitrogens with zero attached hydrogens (tertiary/aromatic N) is 1. The lowest BCUT2D eigenvalue weighted by atomic mass is 10.2. The van der Waals surface area contributed by atoms with Crippen LogP contribution in [0, 0.1) is 11.3 Å². The number of esters is 1. The quantitative estimate of drug-likeness (QED) is 0.805. The maximum atomic E-state index is 12.2. The second-order valence-corrected chi connectivity index (χ2v) is 5.49. The molecule has 26 heavy (non-hydrogen) atoms. The molecule has 2 rings (SSSR count). The van der Waals surface area contributed by atoms with Crippen molar-refractivity contribution in [3.8, 4) is 6.07 Å². The van der Waals surface area contributed by atoms with E-state index in [4.69, 9.17) is 10.00 Å². The Balaban J connectivity index is 2.00. The molecule has 2 N–H and O–H groups in total. The summed E-state index contributed by atoms with van der Waals surface area (Å²) < 4.78 is 5.16. The van der Waals surface area contributed by atoms with Gasteiger partial charge in [-0.15, -0.1) is 0 Å². The summed E-state index contributed by atoms with van der Waals surface area (Å²) in [4.78, 5) is 35.4. The van der Waals surface area contributed by atoms with Crippen molar-refractivity contribution in [3.05, 3.63) is 59.7 Å². The van der Waals surface area contributed by atoms with Gasteiger partial charge >= 0.3 is 5.97 Å². The van der Waals surface area contributed by atoms with E-state index in [0.717, 1.165) is 0 Å². The zero-order valence-corrected chi connectivity index (χ0v) is 14.3. The van der Waals surface area contributed by atoms with Crippen LogP contribution in [-0.2, 0) is 14.3 Å². The van der Waals surface area contributed by atoms with Crippen molar-refractivity contribution >= 4 is 29.2 Å². The van der Waals surface area contributed by atoms with Crippen LogP contribution in [0.15, 0.2) is 48.5 Å². The second-order valence-electron chi connectivity index (χ2n) is 5.49. The molecule has 0 bridgehead atoms. The van der Waals surface area contributed by atoms with Gasteiger partial charge in [-0.2, -0.15) is 5.26 Å². The van der Waals surface area contributed by atoms with Crippen LogP contribution in [-0.4, -0.2) is 23.9 Å². The van der Waals surface area contributed by atoms with E-state index < -0.39 is 18.0 Å². The van der Waals surface area contributed by atoms with E-state index in [0.29, 0.717) is 16.9 Å². The number of benzene rings is 2. The third kappa shape index (κ3) is 5.18. The molecule has 0 aliphatic carbocycles. The molecule has 0 aliphatic heterocycles. The van der Waals surface area contributed by atoms with E-state index in [-0.39, 0.29) is 11.5 Å². The minimum absolute atomic E-state index is 0.211. The fourth-order valence-corrected chi connectivity index (χ4v) is 2.12. The van der Waals surface area contributed by atoms with E-state index in [1.54, 1.807) is 30.3 Å². The normalized spacial score (nSPS) is 11.0. The largest absolute Gasteiger partial charge is 0.449 e. The summed E-state index contributed by atoms with van der Waals surface area (Å²) in [6.07, 6.45) is -1.04. The molecule has 0 saturated carbocycles. The zero-order valence-electron chi connectivity index (χ0n) is 14.3. The summed E-state index contributed by atoms with van der Waals surface area (Å²) in [5, 5.41) is 14.0. The molecule has 0 unspecified atom stereocenters. The standard InChI is InChI=1S/C19H17N3O4/c1-12(18(24)22-16-7-3-5-14(9-16)11-20)26-19(25)15-6-4-8-17(10-15)21-13(2)23/h3-10,12H,1-2H3,(H,21,23)(H,22,24)/t12-/m1/s1. The molecule has 132 valence electrons. The molecule has 2 aromatic carbocycles. The van der Waals surface area contributed by atoms with Gasteiger partial charge in [0.15, 0.2) is 6.10 Å². The van der Waals surface area contributed by atoms with E-state index in [9.17, 15) is 14.4 Å². The van der Waals surface area contributed by atoms with E-state index in [1.165, 1.54) is 32.0 Å². The predicted molar refractivity (Wildman–Crippen MR) is 95.4 cm³/mol. The zero-order chi connectivity index (χ0) is 19.1. The second kappa shape index (κ2) is 8.44. The summed E-state index contributed by atoms with van der Waals surface area (Å²) in [5.41, 5.74) is 1.51. The van der Waals surface area contributed by atoms with Crippen LogP contribution in [0.4, 0.5) is 11.4 Å². The number of amides is 2. The number of carbonyl (C=O) groups is 3. The van der Waals surface area contributed by atoms with Crippen molar-refractivity contribution in [1.82, 2.24) is 0 Å². The molecule has 7 heteroatoms. The number of nitrogens with one attached hydrogen (secondary N) is 2. The smallest absolute Gasteiger partial charge is 0.338 e. The fourth-order valence-electron chi connectivity index (χ4n) is 2.12. The monoisotopic (exact) mass is 351 g/mol. The van der Waals surface area contributed by atoms with Crippen molar-refractivity contribution in [3.63, 3.8) is 0 Å². The molecule has 0 fully saturated rings. The van der Waals surface area contributed by atoms with Crippen LogP contribution in [0.2, 0.25) is 0 Å². The number of hydrogen-bond donors (Lipinski definition) is 2. The maximum Gasteiger partial charge on any atom is 0.338 e. The molecule has 7 nitrogen and oxygen atoms in total. The minimum Gasteiger partial charge on any atom is -0.449 e. The average molecular weight is 351 g/mol. The Morgan fingerprint density at radius 1 is 1.04 bits per heavy atom. The first-order valence-electron chi connectivity index (χ1n) is 7.78. The van der Waals surface area contributed by atoms with Gasteiger partial charge in [-0.05, 0) is 43.3 Å². The van der Waals surface area contributed by atoms with E-state index in [1.807, 2.05) is 6.07 Å². The average Bonchev–Trinajstić information content (AvgIpc) is 2.61. The molecule has 0 aliphatic rings. The van der Waals surface area contributed by atoms with Crippen LogP contribution >= 0.6 is 0 Å². The van der Waals surface area contributed by atoms with Gasteiger partial charge in [0.1, 0.15) is 0 Å². The van der Waals surface area contributed by atoms with E-state index in [2.05, 4.69) is 10.6 Å². The first-order chi connectivity index (χ1) is 12.4. The molecule has 0 aromatic heterocycles. The Labute approximate surface area is 150 Å². The van der Waals surface area contributed by atoms with Gasteiger partial charge < -0.3 is 15.4 Å². The van der Waals surface area contributed by atoms with Gasteiger partial charge in [-0.25, -0.2) is 4.79 Å². The molecule has 2 aromatic rings. The van der Waals surface area contributed by atoms with Crippen LogP contribution in [0.25, 0.3) is 0 Å². The molecule has 0 saturated heterocycles. The van der Waals surface area contributed by atoms with Crippen molar-refractivity contribution in [2.75, 3.05) is 10.6 Å². The molecule has 1 atom stereocenters. The highest BCUT2D eigenvalue weighted by atomic mass is 16.5. The number of carbonyl (C=O) groups excluding carboxylic acids is 3. The Bertz CT molecular complexity index is 886. The summed E-state index contributed by atoms with van der Waals surface area (Å²) in [7, 11) is 0. The molecular formula is C19H17N3O4. The number of anilines is 2. The Morgan fingerprint density at radius 3 is 2.35 bits per heavy atom. The SMILES string of the molecule is CC(=O)Nc1cccc(C(=O)O[C@H](C)C(=O)Nc2cccc(C#N)c2)c1. The van der Waals surface area contributed by atoms with Gasteiger partial charge in [0.2, 0.25) is 5.91 Å². The van der Waals surface area contributed by atoms with Gasteiger partial charge in [0.05, 0.1) is 17.2 Å². The predicted octanol–water partition coefficient (Wildman–Crippen LogP) is 2.70. The topological polar surface area (TPSA) is 108 Å². The van der Waals surface area contributed by atoms with Gasteiger partial charge in [-0.3, -0.25) is 9.59 Å². The number of hydrogen-bond acceptors (Lipinski definition) is 5. The Morgan fingerprint density at radius 2 is 1.69 bits per heavy atom. The molecule has 0 heterocycles. The Hall–Kier alpha value is -3.66. The first kappa shape index (κ1) is 18.7. The van der Waals surface area contributed by atoms with Crippen molar-refractivity contribution < 1.29 is 19.1 Å². The number of rotatable bonds is 5. The third-order valence-electron chi connectivity index (χ3n) is 3.33. The lowest BCUT2D eigenvalue weighted by Gasteiger charge is -2.14. The highest BCUT2D eigenvalue weighted by Crippen LogP contribution is 2.14. The van der Waals surface area contributed by atoms with Crippen LogP contribution < -0.4 is 10.6 Å². The summed E-state index contributed by atoms with van der Waals surface area (Å²) in [5.74, 6) is -1.47. The van der Waals surface area contributed by atoms with Crippen LogP contribution in [0.1, 0.15) is 29.8 Å². The van der Waals surface area contributed by atoms with Crippen LogP contribution in [0.5, 0.6) is 0 Å². The fraction of sp³-hybridized carbons (Fsp3) is 0.158. The number of ether oxygens (including phenoxy) is 1. The van der Waals surface area contributed by atoms with Crippen molar-refractivity contribution in [1.29, 1.82) is 5.26 Å². The highest BCUT2D eigenvalue weighted by molar-refractivity contribution is 5.98. The molecule has 0 radical (unpaired) electrons. The van der Waals surface area contributed by atoms with Crippen LogP contribution in [0.3, 0.4) is 0 Å². The third-order valence-corrected chi connectivity index (χ3v) is 3.33. The van der Waals surface area contributed by atoms with Gasteiger partial charge in [-0.1, -0.05) is 12.1 Å².